The lowest BCUT2D eigenvalue weighted by atomic mass is 9.91. The minimum Gasteiger partial charge on any atom is -0.382 e. The third-order valence-electron chi connectivity index (χ3n) is 4.96. The van der Waals surface area contributed by atoms with E-state index >= 15 is 0 Å². The van der Waals surface area contributed by atoms with Crippen LogP contribution >= 0.6 is 23.2 Å². The van der Waals surface area contributed by atoms with Crippen molar-refractivity contribution < 1.29 is 0 Å². The molecule has 3 aromatic rings. The van der Waals surface area contributed by atoms with Crippen LogP contribution in [0.1, 0.15) is 19.8 Å². The molecular formula is C18H20Cl2N6. The van der Waals surface area contributed by atoms with Crippen LogP contribution in [-0.4, -0.2) is 33.0 Å². The SMILES string of the molecule is CC1(N)CCN(c2nc(N)c(-c3cccc(Cl)c3Cl)n3ccnc23)CC1. The number of rotatable bonds is 2. The van der Waals surface area contributed by atoms with E-state index < -0.39 is 0 Å². The van der Waals surface area contributed by atoms with E-state index in [-0.39, 0.29) is 5.54 Å². The lowest BCUT2D eigenvalue weighted by Crippen LogP contribution is -2.48. The molecule has 0 spiro atoms. The maximum absolute atomic E-state index is 6.41. The van der Waals surface area contributed by atoms with Gasteiger partial charge in [0.2, 0.25) is 0 Å². The molecule has 8 heteroatoms. The highest BCUT2D eigenvalue weighted by Gasteiger charge is 2.29. The van der Waals surface area contributed by atoms with Crippen LogP contribution in [0.25, 0.3) is 16.9 Å². The van der Waals surface area contributed by atoms with Crippen LogP contribution in [0.3, 0.4) is 0 Å². The highest BCUT2D eigenvalue weighted by Crippen LogP contribution is 2.38. The zero-order valence-corrected chi connectivity index (χ0v) is 15.9. The monoisotopic (exact) mass is 390 g/mol. The van der Waals surface area contributed by atoms with Crippen molar-refractivity contribution in [2.24, 2.45) is 5.73 Å². The Hall–Kier alpha value is -2.02. The molecule has 0 bridgehead atoms. The topological polar surface area (TPSA) is 85.5 Å². The Morgan fingerprint density at radius 2 is 1.92 bits per heavy atom. The summed E-state index contributed by atoms with van der Waals surface area (Å²) in [6.45, 7) is 3.72. The minimum absolute atomic E-state index is 0.137. The number of nitrogens with zero attached hydrogens (tertiary/aromatic N) is 4. The van der Waals surface area contributed by atoms with Gasteiger partial charge in [0.05, 0.1) is 15.7 Å². The number of nitrogens with two attached hydrogens (primary N) is 2. The Kier molecular flexibility index (Phi) is 4.22. The molecule has 4 N–H and O–H groups in total. The van der Waals surface area contributed by atoms with Crippen molar-refractivity contribution >= 4 is 40.5 Å². The van der Waals surface area contributed by atoms with Gasteiger partial charge in [-0.15, -0.1) is 0 Å². The first-order valence-corrected chi connectivity index (χ1v) is 9.24. The molecule has 2 aromatic heterocycles. The van der Waals surface area contributed by atoms with Gasteiger partial charge in [-0.3, -0.25) is 4.40 Å². The van der Waals surface area contributed by atoms with E-state index in [0.29, 0.717) is 21.6 Å². The Labute approximate surface area is 161 Å². The molecule has 0 radical (unpaired) electrons. The predicted octanol–water partition coefficient (Wildman–Crippen LogP) is 3.60. The molecule has 26 heavy (non-hydrogen) atoms. The fourth-order valence-corrected chi connectivity index (χ4v) is 3.78. The van der Waals surface area contributed by atoms with Crippen LogP contribution in [0.4, 0.5) is 11.6 Å². The number of benzene rings is 1. The molecule has 0 aliphatic carbocycles. The number of halogens is 2. The maximum Gasteiger partial charge on any atom is 0.180 e. The van der Waals surface area contributed by atoms with E-state index in [4.69, 9.17) is 34.7 Å². The van der Waals surface area contributed by atoms with Gasteiger partial charge in [-0.2, -0.15) is 0 Å². The van der Waals surface area contributed by atoms with E-state index in [2.05, 4.69) is 21.8 Å². The van der Waals surface area contributed by atoms with Crippen molar-refractivity contribution in [3.8, 4) is 11.3 Å². The number of imidazole rings is 1. The molecule has 1 aliphatic rings. The second-order valence-electron chi connectivity index (χ2n) is 7.03. The average Bonchev–Trinajstić information content (AvgIpc) is 3.07. The normalized spacial score (nSPS) is 17.0. The van der Waals surface area contributed by atoms with Crippen molar-refractivity contribution in [3.05, 3.63) is 40.6 Å². The average molecular weight is 391 g/mol. The van der Waals surface area contributed by atoms with Crippen molar-refractivity contribution in [2.45, 2.75) is 25.3 Å². The second-order valence-corrected chi connectivity index (χ2v) is 7.82. The van der Waals surface area contributed by atoms with Crippen molar-refractivity contribution in [3.63, 3.8) is 0 Å². The Morgan fingerprint density at radius 3 is 2.65 bits per heavy atom. The number of anilines is 2. The lowest BCUT2D eigenvalue weighted by Gasteiger charge is -2.37. The highest BCUT2D eigenvalue weighted by atomic mass is 35.5. The van der Waals surface area contributed by atoms with Gasteiger partial charge < -0.3 is 16.4 Å². The zero-order valence-electron chi connectivity index (χ0n) is 14.4. The third-order valence-corrected chi connectivity index (χ3v) is 5.78. The van der Waals surface area contributed by atoms with Crippen molar-refractivity contribution in [1.82, 2.24) is 14.4 Å². The van der Waals surface area contributed by atoms with E-state index in [0.717, 1.165) is 43.0 Å². The maximum atomic E-state index is 6.41. The van der Waals surface area contributed by atoms with Gasteiger partial charge >= 0.3 is 0 Å². The molecule has 0 amide bonds. The summed E-state index contributed by atoms with van der Waals surface area (Å²) < 4.78 is 1.92. The molecule has 1 aromatic carbocycles. The zero-order chi connectivity index (χ0) is 18.5. The van der Waals surface area contributed by atoms with Crippen LogP contribution in [0.5, 0.6) is 0 Å². The molecule has 1 aliphatic heterocycles. The summed E-state index contributed by atoms with van der Waals surface area (Å²) in [6.07, 6.45) is 5.38. The molecule has 136 valence electrons. The number of fused-ring (bicyclic) bond motifs is 1. The molecule has 0 atom stereocenters. The Balaban J connectivity index is 1.85. The number of nitrogen functional groups attached to an aromatic ring is 1. The van der Waals surface area contributed by atoms with E-state index in [1.807, 2.05) is 22.7 Å². The summed E-state index contributed by atoms with van der Waals surface area (Å²) in [4.78, 5) is 11.4. The number of aromatic nitrogens is 3. The van der Waals surface area contributed by atoms with E-state index in [1.165, 1.54) is 0 Å². The Morgan fingerprint density at radius 1 is 1.19 bits per heavy atom. The predicted molar refractivity (Wildman–Crippen MR) is 107 cm³/mol. The standard InChI is InChI=1S/C18H20Cl2N6/c1-18(22)5-8-25(9-6-18)17-16-23-7-10-26(16)14(15(21)24-17)11-3-2-4-12(19)13(11)20/h2-4,7,10H,5-6,8-9,21-22H2,1H3. The summed E-state index contributed by atoms with van der Waals surface area (Å²) in [6, 6.07) is 5.46. The number of hydrogen-bond acceptors (Lipinski definition) is 5. The van der Waals surface area contributed by atoms with E-state index in [1.54, 1.807) is 12.3 Å². The summed E-state index contributed by atoms with van der Waals surface area (Å²) in [7, 11) is 0. The molecule has 0 saturated carbocycles. The Bertz CT molecular complexity index is 971. The summed E-state index contributed by atoms with van der Waals surface area (Å²) in [5, 5.41) is 0.918. The minimum atomic E-state index is -0.137. The summed E-state index contributed by atoms with van der Waals surface area (Å²) in [5.41, 5.74) is 14.6. The largest absolute Gasteiger partial charge is 0.382 e. The molecule has 3 heterocycles. The van der Waals surface area contributed by atoms with Gasteiger partial charge in [0.25, 0.3) is 0 Å². The van der Waals surface area contributed by atoms with Gasteiger partial charge in [0.15, 0.2) is 17.3 Å². The van der Waals surface area contributed by atoms with Gasteiger partial charge in [-0.25, -0.2) is 9.97 Å². The number of hydrogen-bond donors (Lipinski definition) is 2. The smallest absolute Gasteiger partial charge is 0.180 e. The lowest BCUT2D eigenvalue weighted by molar-refractivity contribution is 0.363. The summed E-state index contributed by atoms with van der Waals surface area (Å²) >= 11 is 12.6. The highest BCUT2D eigenvalue weighted by molar-refractivity contribution is 6.43. The fraction of sp³-hybridized carbons (Fsp3) is 0.333. The third kappa shape index (κ3) is 2.88. The van der Waals surface area contributed by atoms with E-state index in [9.17, 15) is 0 Å². The summed E-state index contributed by atoms with van der Waals surface area (Å²) in [5.74, 6) is 1.15. The first-order valence-electron chi connectivity index (χ1n) is 8.48. The molecule has 1 saturated heterocycles. The molecule has 6 nitrogen and oxygen atoms in total. The quantitative estimate of drug-likeness (QED) is 0.697. The van der Waals surface area contributed by atoms with Crippen LogP contribution in [0.15, 0.2) is 30.6 Å². The second kappa shape index (κ2) is 6.30. The first-order chi connectivity index (χ1) is 12.4. The molecule has 4 rings (SSSR count). The first kappa shape index (κ1) is 17.4. The van der Waals surface area contributed by atoms with Gasteiger partial charge in [-0.05, 0) is 25.8 Å². The molecular weight excluding hydrogens is 371 g/mol. The molecule has 1 fully saturated rings. The van der Waals surface area contributed by atoms with Crippen molar-refractivity contribution in [2.75, 3.05) is 23.7 Å². The van der Waals surface area contributed by atoms with Crippen LogP contribution in [0.2, 0.25) is 10.0 Å². The van der Waals surface area contributed by atoms with Crippen LogP contribution < -0.4 is 16.4 Å². The van der Waals surface area contributed by atoms with Crippen molar-refractivity contribution in [1.29, 1.82) is 0 Å². The number of piperidine rings is 1. The van der Waals surface area contributed by atoms with Crippen LogP contribution in [-0.2, 0) is 0 Å². The van der Waals surface area contributed by atoms with Crippen LogP contribution in [0, 0.1) is 0 Å². The van der Waals surface area contributed by atoms with Gasteiger partial charge in [-0.1, -0.05) is 35.3 Å². The molecule has 0 unspecified atom stereocenters. The van der Waals surface area contributed by atoms with Gasteiger partial charge in [0, 0.05) is 36.6 Å². The fourth-order valence-electron chi connectivity index (χ4n) is 3.39. The van der Waals surface area contributed by atoms with Gasteiger partial charge in [0.1, 0.15) is 0 Å².